The molecule has 1 aromatic carbocycles. The summed E-state index contributed by atoms with van der Waals surface area (Å²) in [7, 11) is 0. The fourth-order valence-corrected chi connectivity index (χ4v) is 1.67. The maximum Gasteiger partial charge on any atom is 0.125 e. The summed E-state index contributed by atoms with van der Waals surface area (Å²) < 4.78 is 5.48. The number of H-pyrrole nitrogens is 1. The van der Waals surface area contributed by atoms with Crippen LogP contribution in [0.3, 0.4) is 0 Å². The number of aliphatic hydroxyl groups is 1. The van der Waals surface area contributed by atoms with Gasteiger partial charge in [0.2, 0.25) is 0 Å². The van der Waals surface area contributed by atoms with E-state index in [2.05, 4.69) is 17.1 Å². The van der Waals surface area contributed by atoms with E-state index in [4.69, 9.17) is 10.5 Å². The van der Waals surface area contributed by atoms with Crippen LogP contribution in [0, 0.1) is 0 Å². The van der Waals surface area contributed by atoms with Gasteiger partial charge in [-0.05, 0) is 24.1 Å². The zero-order valence-electron chi connectivity index (χ0n) is 10.3. The standard InChI is InChI=1S/C13H17N3O2/c1-2-7-18-10-5-3-9(4-6-10)12(17)11-8-15-16-13(11)14/h3-6,8,12,17H,2,7H2,1H3,(H3,14,15,16). The number of ether oxygens (including phenoxy) is 1. The van der Waals surface area contributed by atoms with E-state index in [0.717, 1.165) is 17.7 Å². The maximum absolute atomic E-state index is 10.1. The smallest absolute Gasteiger partial charge is 0.125 e. The molecule has 5 nitrogen and oxygen atoms in total. The lowest BCUT2D eigenvalue weighted by atomic mass is 10.0. The molecule has 0 aliphatic heterocycles. The zero-order valence-corrected chi connectivity index (χ0v) is 10.3. The Bertz CT molecular complexity index is 493. The Morgan fingerprint density at radius 2 is 2.11 bits per heavy atom. The van der Waals surface area contributed by atoms with E-state index in [0.29, 0.717) is 18.0 Å². The highest BCUT2D eigenvalue weighted by atomic mass is 16.5. The van der Waals surface area contributed by atoms with Crippen molar-refractivity contribution < 1.29 is 9.84 Å². The second-order valence-electron chi connectivity index (χ2n) is 4.06. The third-order valence-electron chi connectivity index (χ3n) is 2.66. The molecule has 1 unspecified atom stereocenters. The summed E-state index contributed by atoms with van der Waals surface area (Å²) in [6.07, 6.45) is 1.72. The van der Waals surface area contributed by atoms with Crippen molar-refractivity contribution in [2.45, 2.75) is 19.4 Å². The Hall–Kier alpha value is -2.01. The summed E-state index contributed by atoms with van der Waals surface area (Å²) in [6.45, 7) is 2.75. The van der Waals surface area contributed by atoms with E-state index in [9.17, 15) is 5.11 Å². The molecule has 0 amide bonds. The van der Waals surface area contributed by atoms with Crippen LogP contribution in [0.5, 0.6) is 5.75 Å². The van der Waals surface area contributed by atoms with Gasteiger partial charge in [0.1, 0.15) is 17.7 Å². The summed E-state index contributed by atoms with van der Waals surface area (Å²) in [5.41, 5.74) is 7.01. The molecule has 5 heteroatoms. The van der Waals surface area contributed by atoms with E-state index >= 15 is 0 Å². The van der Waals surface area contributed by atoms with Crippen LogP contribution in [0.2, 0.25) is 0 Å². The first-order valence-corrected chi connectivity index (χ1v) is 5.92. The van der Waals surface area contributed by atoms with Crippen molar-refractivity contribution in [3.05, 3.63) is 41.6 Å². The molecule has 0 fully saturated rings. The molecule has 96 valence electrons. The van der Waals surface area contributed by atoms with Crippen LogP contribution >= 0.6 is 0 Å². The van der Waals surface area contributed by atoms with E-state index in [1.165, 1.54) is 6.20 Å². The average molecular weight is 247 g/mol. The number of hydrogen-bond donors (Lipinski definition) is 3. The van der Waals surface area contributed by atoms with Crippen LogP contribution in [-0.2, 0) is 0 Å². The van der Waals surface area contributed by atoms with Crippen LogP contribution in [0.15, 0.2) is 30.5 Å². The number of aromatic amines is 1. The van der Waals surface area contributed by atoms with Gasteiger partial charge in [0, 0.05) is 5.56 Å². The van der Waals surface area contributed by atoms with Gasteiger partial charge in [0.25, 0.3) is 0 Å². The number of nitrogen functional groups attached to an aromatic ring is 1. The molecule has 1 heterocycles. The molecule has 18 heavy (non-hydrogen) atoms. The largest absolute Gasteiger partial charge is 0.494 e. The van der Waals surface area contributed by atoms with Gasteiger partial charge in [-0.2, -0.15) is 5.10 Å². The summed E-state index contributed by atoms with van der Waals surface area (Å²) >= 11 is 0. The van der Waals surface area contributed by atoms with Gasteiger partial charge in [0.05, 0.1) is 12.8 Å². The molecule has 0 spiro atoms. The Labute approximate surface area is 106 Å². The number of nitrogens with two attached hydrogens (primary N) is 1. The lowest BCUT2D eigenvalue weighted by Gasteiger charge is -2.11. The van der Waals surface area contributed by atoms with Crippen molar-refractivity contribution in [1.29, 1.82) is 0 Å². The highest BCUT2D eigenvalue weighted by Crippen LogP contribution is 2.26. The predicted octanol–water partition coefficient (Wildman–Crippen LogP) is 1.86. The van der Waals surface area contributed by atoms with Gasteiger partial charge < -0.3 is 15.6 Å². The molecular formula is C13H17N3O2. The minimum atomic E-state index is -0.774. The van der Waals surface area contributed by atoms with Gasteiger partial charge >= 0.3 is 0 Å². The third-order valence-corrected chi connectivity index (χ3v) is 2.66. The number of benzene rings is 1. The first kappa shape index (κ1) is 12.4. The molecule has 2 aromatic rings. The minimum absolute atomic E-state index is 0.383. The fraction of sp³-hybridized carbons (Fsp3) is 0.308. The highest BCUT2D eigenvalue weighted by molar-refractivity contribution is 5.43. The first-order valence-electron chi connectivity index (χ1n) is 5.92. The highest BCUT2D eigenvalue weighted by Gasteiger charge is 2.14. The van der Waals surface area contributed by atoms with Crippen molar-refractivity contribution in [2.75, 3.05) is 12.3 Å². The van der Waals surface area contributed by atoms with Gasteiger partial charge in [-0.1, -0.05) is 19.1 Å². The normalized spacial score (nSPS) is 12.3. The number of hydrogen-bond acceptors (Lipinski definition) is 4. The van der Waals surface area contributed by atoms with Gasteiger partial charge in [-0.15, -0.1) is 0 Å². The second-order valence-corrected chi connectivity index (χ2v) is 4.06. The lowest BCUT2D eigenvalue weighted by Crippen LogP contribution is -2.02. The first-order chi connectivity index (χ1) is 8.72. The summed E-state index contributed by atoms with van der Waals surface area (Å²) in [4.78, 5) is 0. The van der Waals surface area contributed by atoms with Crippen molar-refractivity contribution in [1.82, 2.24) is 10.2 Å². The van der Waals surface area contributed by atoms with Crippen molar-refractivity contribution in [3.8, 4) is 5.75 Å². The number of nitrogens with zero attached hydrogens (tertiary/aromatic N) is 1. The van der Waals surface area contributed by atoms with Crippen LogP contribution in [-0.4, -0.2) is 21.9 Å². The fourth-order valence-electron chi connectivity index (χ4n) is 1.67. The number of rotatable bonds is 5. The summed E-state index contributed by atoms with van der Waals surface area (Å²) in [5.74, 6) is 1.18. The number of anilines is 1. The molecule has 1 atom stereocenters. The van der Waals surface area contributed by atoms with E-state index in [-0.39, 0.29) is 0 Å². The Balaban J connectivity index is 2.12. The lowest BCUT2D eigenvalue weighted by molar-refractivity contribution is 0.221. The topological polar surface area (TPSA) is 84.2 Å². The number of aliphatic hydroxyl groups excluding tert-OH is 1. The monoisotopic (exact) mass is 247 g/mol. The SMILES string of the molecule is CCCOc1ccc(C(O)c2cn[nH]c2N)cc1. The molecule has 4 N–H and O–H groups in total. The Morgan fingerprint density at radius 1 is 1.39 bits per heavy atom. The third kappa shape index (κ3) is 2.62. The molecule has 0 aliphatic rings. The molecule has 0 bridgehead atoms. The number of aromatic nitrogens is 2. The molecule has 0 saturated heterocycles. The van der Waals surface area contributed by atoms with Crippen LogP contribution in [0.4, 0.5) is 5.82 Å². The van der Waals surface area contributed by atoms with Crippen molar-refractivity contribution >= 4 is 5.82 Å². The molecule has 0 saturated carbocycles. The van der Waals surface area contributed by atoms with E-state index < -0.39 is 6.10 Å². The minimum Gasteiger partial charge on any atom is -0.494 e. The summed E-state index contributed by atoms with van der Waals surface area (Å²) in [6, 6.07) is 7.32. The van der Waals surface area contributed by atoms with E-state index in [1.54, 1.807) is 0 Å². The maximum atomic E-state index is 10.1. The number of nitrogens with one attached hydrogen (secondary N) is 1. The van der Waals surface area contributed by atoms with Crippen LogP contribution in [0.1, 0.15) is 30.6 Å². The summed E-state index contributed by atoms with van der Waals surface area (Å²) in [5, 5.41) is 16.5. The average Bonchev–Trinajstić information content (AvgIpc) is 2.82. The van der Waals surface area contributed by atoms with Gasteiger partial charge in [-0.25, -0.2) is 0 Å². The molecule has 0 aliphatic carbocycles. The predicted molar refractivity (Wildman–Crippen MR) is 69.3 cm³/mol. The zero-order chi connectivity index (χ0) is 13.0. The van der Waals surface area contributed by atoms with Crippen LogP contribution in [0.25, 0.3) is 0 Å². The van der Waals surface area contributed by atoms with Crippen molar-refractivity contribution in [3.63, 3.8) is 0 Å². The Kier molecular flexibility index (Phi) is 3.84. The van der Waals surface area contributed by atoms with E-state index in [1.807, 2.05) is 24.3 Å². The second kappa shape index (κ2) is 5.55. The Morgan fingerprint density at radius 3 is 2.67 bits per heavy atom. The molecular weight excluding hydrogens is 230 g/mol. The van der Waals surface area contributed by atoms with Crippen molar-refractivity contribution in [2.24, 2.45) is 0 Å². The van der Waals surface area contributed by atoms with Crippen LogP contribution < -0.4 is 10.5 Å². The van der Waals surface area contributed by atoms with Gasteiger partial charge in [0.15, 0.2) is 0 Å². The molecule has 0 radical (unpaired) electrons. The van der Waals surface area contributed by atoms with Gasteiger partial charge in [-0.3, -0.25) is 5.10 Å². The quantitative estimate of drug-likeness (QED) is 0.753. The molecule has 1 aromatic heterocycles. The molecule has 2 rings (SSSR count).